The lowest BCUT2D eigenvalue weighted by molar-refractivity contribution is 0.0374. The number of hydrogen-bond acceptors (Lipinski definition) is 3. The fourth-order valence-corrected chi connectivity index (χ4v) is 1.75. The van der Waals surface area contributed by atoms with E-state index in [4.69, 9.17) is 4.74 Å². The first-order valence-corrected chi connectivity index (χ1v) is 6.33. The van der Waals surface area contributed by atoms with Crippen LogP contribution in [0.15, 0.2) is 0 Å². The van der Waals surface area contributed by atoms with Crippen LogP contribution in [0.2, 0.25) is 0 Å². The van der Waals surface area contributed by atoms with E-state index in [1.807, 2.05) is 0 Å². The summed E-state index contributed by atoms with van der Waals surface area (Å²) >= 11 is 0. The molecule has 0 spiro atoms. The number of morpholine rings is 1. The maximum absolute atomic E-state index is 5.32. The normalized spacial score (nSPS) is 20.4. The zero-order valence-corrected chi connectivity index (χ0v) is 10.3. The minimum atomic E-state index is 0.813. The molecule has 1 N–H and O–H groups in total. The van der Waals surface area contributed by atoms with E-state index in [2.05, 4.69) is 24.1 Å². The molecule has 1 heterocycles. The van der Waals surface area contributed by atoms with Gasteiger partial charge >= 0.3 is 0 Å². The largest absolute Gasteiger partial charge is 0.379 e. The minimum Gasteiger partial charge on any atom is -0.379 e. The van der Waals surface area contributed by atoms with Gasteiger partial charge in [0.1, 0.15) is 0 Å². The molecule has 3 nitrogen and oxygen atoms in total. The number of nitrogens with zero attached hydrogens (tertiary/aromatic N) is 1. The highest BCUT2D eigenvalue weighted by atomic mass is 16.5. The van der Waals surface area contributed by atoms with Gasteiger partial charge in [-0.05, 0) is 32.0 Å². The fraction of sp³-hybridized carbons (Fsp3) is 1.00. The van der Waals surface area contributed by atoms with Crippen molar-refractivity contribution in [2.75, 3.05) is 45.9 Å². The Balaban J connectivity index is 1.87. The van der Waals surface area contributed by atoms with E-state index in [1.165, 1.54) is 25.9 Å². The Hall–Kier alpha value is -0.120. The summed E-state index contributed by atoms with van der Waals surface area (Å²) in [6.07, 6.45) is 2.53. The van der Waals surface area contributed by atoms with Gasteiger partial charge in [-0.25, -0.2) is 0 Å². The summed E-state index contributed by atoms with van der Waals surface area (Å²) in [6, 6.07) is 0. The van der Waals surface area contributed by atoms with E-state index in [-0.39, 0.29) is 0 Å². The maximum atomic E-state index is 5.32. The molecule has 1 atom stereocenters. The monoisotopic (exact) mass is 214 g/mol. The summed E-state index contributed by atoms with van der Waals surface area (Å²) in [6.45, 7) is 12.2. The summed E-state index contributed by atoms with van der Waals surface area (Å²) < 4.78 is 5.32. The maximum Gasteiger partial charge on any atom is 0.0594 e. The topological polar surface area (TPSA) is 24.5 Å². The molecule has 0 bridgehead atoms. The highest BCUT2D eigenvalue weighted by Gasteiger charge is 2.08. The van der Waals surface area contributed by atoms with Crippen molar-refractivity contribution < 1.29 is 4.74 Å². The van der Waals surface area contributed by atoms with Crippen LogP contribution in [0.3, 0.4) is 0 Å². The third kappa shape index (κ3) is 6.13. The Morgan fingerprint density at radius 1 is 1.33 bits per heavy atom. The van der Waals surface area contributed by atoms with E-state index in [0.717, 1.165) is 38.8 Å². The first-order chi connectivity index (χ1) is 7.33. The van der Waals surface area contributed by atoms with Crippen molar-refractivity contribution in [2.45, 2.75) is 26.7 Å². The van der Waals surface area contributed by atoms with E-state index in [1.54, 1.807) is 0 Å². The molecule has 1 fully saturated rings. The van der Waals surface area contributed by atoms with Crippen LogP contribution in [0.5, 0.6) is 0 Å². The second-order valence-corrected chi connectivity index (χ2v) is 4.53. The summed E-state index contributed by atoms with van der Waals surface area (Å²) in [5, 5.41) is 3.52. The van der Waals surface area contributed by atoms with Gasteiger partial charge in [-0.15, -0.1) is 0 Å². The lowest BCUT2D eigenvalue weighted by Crippen LogP contribution is -2.37. The molecule has 0 aromatic heterocycles. The van der Waals surface area contributed by atoms with Crippen molar-refractivity contribution >= 4 is 0 Å². The second kappa shape index (κ2) is 8.08. The van der Waals surface area contributed by atoms with Crippen LogP contribution in [-0.4, -0.2) is 50.8 Å². The van der Waals surface area contributed by atoms with Gasteiger partial charge in [0.05, 0.1) is 13.2 Å². The molecule has 0 saturated carbocycles. The average Bonchev–Trinajstić information content (AvgIpc) is 2.29. The van der Waals surface area contributed by atoms with Gasteiger partial charge in [0.25, 0.3) is 0 Å². The predicted molar refractivity (Wildman–Crippen MR) is 64.2 cm³/mol. The summed E-state index contributed by atoms with van der Waals surface area (Å²) in [5.74, 6) is 0.813. The molecule has 0 aromatic carbocycles. The highest BCUT2D eigenvalue weighted by molar-refractivity contribution is 4.63. The van der Waals surface area contributed by atoms with Gasteiger partial charge in [-0.1, -0.05) is 20.3 Å². The van der Waals surface area contributed by atoms with Crippen molar-refractivity contribution in [3.8, 4) is 0 Å². The van der Waals surface area contributed by atoms with E-state index >= 15 is 0 Å². The Morgan fingerprint density at radius 3 is 2.73 bits per heavy atom. The quantitative estimate of drug-likeness (QED) is 0.647. The molecule has 0 amide bonds. The zero-order valence-electron chi connectivity index (χ0n) is 10.3. The van der Waals surface area contributed by atoms with Crippen molar-refractivity contribution in [1.82, 2.24) is 10.2 Å². The standard InChI is InChI=1S/C12H26N2O/c1-3-12(2)11-13-5-4-6-14-7-9-15-10-8-14/h12-13H,3-11H2,1-2H3/t12-/m0/s1. The Kier molecular flexibility index (Phi) is 6.98. The third-order valence-electron chi connectivity index (χ3n) is 3.12. The molecule has 0 radical (unpaired) electrons. The summed E-state index contributed by atoms with van der Waals surface area (Å²) in [5.41, 5.74) is 0. The minimum absolute atomic E-state index is 0.813. The van der Waals surface area contributed by atoms with Crippen molar-refractivity contribution in [2.24, 2.45) is 5.92 Å². The first-order valence-electron chi connectivity index (χ1n) is 6.33. The van der Waals surface area contributed by atoms with Gasteiger partial charge < -0.3 is 10.1 Å². The van der Waals surface area contributed by atoms with E-state index in [9.17, 15) is 0 Å². The lowest BCUT2D eigenvalue weighted by atomic mass is 10.1. The first kappa shape index (κ1) is 12.9. The van der Waals surface area contributed by atoms with Crippen LogP contribution in [0.4, 0.5) is 0 Å². The second-order valence-electron chi connectivity index (χ2n) is 4.53. The highest BCUT2D eigenvalue weighted by Crippen LogP contribution is 1.99. The van der Waals surface area contributed by atoms with Gasteiger partial charge in [-0.2, -0.15) is 0 Å². The van der Waals surface area contributed by atoms with Crippen LogP contribution in [-0.2, 0) is 4.74 Å². The number of ether oxygens (including phenoxy) is 1. The van der Waals surface area contributed by atoms with Crippen LogP contribution in [0.1, 0.15) is 26.7 Å². The van der Waals surface area contributed by atoms with Crippen LogP contribution < -0.4 is 5.32 Å². The van der Waals surface area contributed by atoms with Gasteiger partial charge in [0.15, 0.2) is 0 Å². The third-order valence-corrected chi connectivity index (χ3v) is 3.12. The number of hydrogen-bond donors (Lipinski definition) is 1. The SMILES string of the molecule is CC[C@H](C)CNCCCN1CCOCC1. The molecule has 1 rings (SSSR count). The molecule has 1 aliphatic heterocycles. The van der Waals surface area contributed by atoms with Gasteiger partial charge in [-0.3, -0.25) is 4.90 Å². The molecule has 1 saturated heterocycles. The van der Waals surface area contributed by atoms with E-state index in [0.29, 0.717) is 0 Å². The van der Waals surface area contributed by atoms with Crippen LogP contribution in [0.25, 0.3) is 0 Å². The van der Waals surface area contributed by atoms with E-state index < -0.39 is 0 Å². The Bertz CT molecular complexity index is 147. The molecule has 0 aromatic rings. The summed E-state index contributed by atoms with van der Waals surface area (Å²) in [4.78, 5) is 2.49. The van der Waals surface area contributed by atoms with Gasteiger partial charge in [0.2, 0.25) is 0 Å². The summed E-state index contributed by atoms with van der Waals surface area (Å²) in [7, 11) is 0. The van der Waals surface area contributed by atoms with Crippen LogP contribution in [0, 0.1) is 5.92 Å². The molecular formula is C12H26N2O. The molecule has 3 heteroatoms. The van der Waals surface area contributed by atoms with Crippen molar-refractivity contribution in [3.05, 3.63) is 0 Å². The molecule has 90 valence electrons. The van der Waals surface area contributed by atoms with Gasteiger partial charge in [0, 0.05) is 13.1 Å². The molecule has 15 heavy (non-hydrogen) atoms. The smallest absolute Gasteiger partial charge is 0.0594 e. The molecule has 1 aliphatic rings. The Labute approximate surface area is 94.2 Å². The van der Waals surface area contributed by atoms with Crippen molar-refractivity contribution in [1.29, 1.82) is 0 Å². The lowest BCUT2D eigenvalue weighted by Gasteiger charge is -2.26. The van der Waals surface area contributed by atoms with Crippen molar-refractivity contribution in [3.63, 3.8) is 0 Å². The Morgan fingerprint density at radius 2 is 2.07 bits per heavy atom. The molecule has 0 aliphatic carbocycles. The predicted octanol–water partition coefficient (Wildman–Crippen LogP) is 1.34. The molecule has 0 unspecified atom stereocenters. The molecular weight excluding hydrogens is 188 g/mol. The zero-order chi connectivity index (χ0) is 10.9. The number of nitrogens with one attached hydrogen (secondary N) is 1. The van der Waals surface area contributed by atoms with Crippen LogP contribution >= 0.6 is 0 Å². The average molecular weight is 214 g/mol. The number of rotatable bonds is 7. The fourth-order valence-electron chi connectivity index (χ4n) is 1.75.